The zero-order valence-corrected chi connectivity index (χ0v) is 13.0. The Morgan fingerprint density at radius 2 is 2.25 bits per heavy atom. The molecule has 0 radical (unpaired) electrons. The highest BCUT2D eigenvalue weighted by molar-refractivity contribution is 6.29. The first-order valence-corrected chi connectivity index (χ1v) is 7.88. The molecule has 0 amide bonds. The lowest BCUT2D eigenvalue weighted by Gasteiger charge is -2.35. The summed E-state index contributed by atoms with van der Waals surface area (Å²) in [4.78, 5) is 7.28. The molecule has 0 aliphatic carbocycles. The van der Waals surface area contributed by atoms with E-state index in [0.29, 0.717) is 6.04 Å². The second-order valence-electron chi connectivity index (χ2n) is 6.11. The first-order chi connectivity index (χ1) is 9.63. The minimum absolute atomic E-state index is 0.647. The van der Waals surface area contributed by atoms with Crippen molar-refractivity contribution in [1.29, 1.82) is 0 Å². The predicted molar refractivity (Wildman–Crippen MR) is 83.3 cm³/mol. The summed E-state index contributed by atoms with van der Waals surface area (Å²) in [6, 6.07) is 6.51. The second kappa shape index (κ2) is 5.74. The highest BCUT2D eigenvalue weighted by Crippen LogP contribution is 2.23. The number of nitrogens with zero attached hydrogens (tertiary/aromatic N) is 3. The number of hydrogen-bond donors (Lipinski definition) is 0. The minimum atomic E-state index is 0.647. The molecule has 2 aromatic rings. The van der Waals surface area contributed by atoms with Crippen LogP contribution in [-0.4, -0.2) is 33.4 Å². The number of fused-ring (bicyclic) bond motifs is 1. The lowest BCUT2D eigenvalue weighted by atomic mass is 9.93. The zero-order valence-electron chi connectivity index (χ0n) is 12.2. The van der Waals surface area contributed by atoms with Crippen molar-refractivity contribution < 1.29 is 0 Å². The molecule has 3 nitrogen and oxygen atoms in total. The van der Waals surface area contributed by atoms with Crippen molar-refractivity contribution in [2.45, 2.75) is 39.2 Å². The highest BCUT2D eigenvalue weighted by atomic mass is 35.5. The fourth-order valence-corrected chi connectivity index (χ4v) is 3.36. The lowest BCUT2D eigenvalue weighted by Crippen LogP contribution is -2.40. The lowest BCUT2D eigenvalue weighted by molar-refractivity contribution is 0.139. The van der Waals surface area contributed by atoms with Gasteiger partial charge in [-0.25, -0.2) is 4.98 Å². The number of hydrogen-bond acceptors (Lipinski definition) is 2. The van der Waals surface area contributed by atoms with Crippen molar-refractivity contribution in [1.82, 2.24) is 14.3 Å². The van der Waals surface area contributed by atoms with Crippen molar-refractivity contribution in [3.8, 4) is 0 Å². The van der Waals surface area contributed by atoms with E-state index in [9.17, 15) is 0 Å². The van der Waals surface area contributed by atoms with Crippen molar-refractivity contribution in [3.63, 3.8) is 0 Å². The number of halogens is 1. The van der Waals surface area contributed by atoms with Crippen LogP contribution in [0.25, 0.3) is 5.65 Å². The van der Waals surface area contributed by atoms with Gasteiger partial charge in [-0.1, -0.05) is 17.7 Å². The minimum Gasteiger partial charge on any atom is -0.301 e. The van der Waals surface area contributed by atoms with E-state index in [1.54, 1.807) is 0 Å². The number of pyridine rings is 1. The van der Waals surface area contributed by atoms with Gasteiger partial charge in [0, 0.05) is 18.8 Å². The van der Waals surface area contributed by atoms with Gasteiger partial charge < -0.3 is 4.90 Å². The maximum Gasteiger partial charge on any atom is 0.138 e. The Hall–Kier alpha value is -1.06. The maximum absolute atomic E-state index is 6.19. The summed E-state index contributed by atoms with van der Waals surface area (Å²) in [5.41, 5.74) is 2.11. The van der Waals surface area contributed by atoms with Crippen LogP contribution in [0.1, 0.15) is 32.4 Å². The van der Waals surface area contributed by atoms with Gasteiger partial charge in [0.2, 0.25) is 0 Å². The van der Waals surface area contributed by atoms with E-state index < -0.39 is 0 Å². The summed E-state index contributed by atoms with van der Waals surface area (Å²) in [6.45, 7) is 7.00. The summed E-state index contributed by atoms with van der Waals surface area (Å²) >= 11 is 6.19. The molecule has 0 aromatic carbocycles. The molecule has 20 heavy (non-hydrogen) atoms. The van der Waals surface area contributed by atoms with E-state index in [-0.39, 0.29) is 0 Å². The molecule has 0 bridgehead atoms. The Bertz CT molecular complexity index is 590. The van der Waals surface area contributed by atoms with Gasteiger partial charge in [0.1, 0.15) is 10.8 Å². The quantitative estimate of drug-likeness (QED) is 0.805. The van der Waals surface area contributed by atoms with Crippen molar-refractivity contribution >= 4 is 17.2 Å². The molecule has 1 fully saturated rings. The molecular weight excluding hydrogens is 270 g/mol. The van der Waals surface area contributed by atoms with Crippen molar-refractivity contribution in [2.75, 3.05) is 13.1 Å². The largest absolute Gasteiger partial charge is 0.301 e. The third-order valence-corrected chi connectivity index (χ3v) is 4.58. The van der Waals surface area contributed by atoms with Crippen LogP contribution in [0.4, 0.5) is 0 Å². The Morgan fingerprint density at radius 1 is 1.40 bits per heavy atom. The molecular formula is C16H22ClN3. The molecule has 0 spiro atoms. The first-order valence-electron chi connectivity index (χ1n) is 7.50. The van der Waals surface area contributed by atoms with Crippen molar-refractivity contribution in [3.05, 3.63) is 35.2 Å². The van der Waals surface area contributed by atoms with Gasteiger partial charge in [-0.3, -0.25) is 4.40 Å². The van der Waals surface area contributed by atoms with Crippen LogP contribution >= 0.6 is 11.6 Å². The molecule has 0 saturated carbocycles. The van der Waals surface area contributed by atoms with Crippen LogP contribution in [0.2, 0.25) is 5.15 Å². The van der Waals surface area contributed by atoms with Crippen LogP contribution in [0.3, 0.4) is 0 Å². The molecule has 1 saturated heterocycles. The third-order valence-electron chi connectivity index (χ3n) is 4.27. The van der Waals surface area contributed by atoms with Gasteiger partial charge in [0.25, 0.3) is 0 Å². The normalized spacial score (nSPS) is 20.9. The summed E-state index contributed by atoms with van der Waals surface area (Å²) in [5.74, 6) is 0.717. The van der Waals surface area contributed by atoms with Gasteiger partial charge in [0.05, 0.1) is 5.69 Å². The average molecular weight is 292 g/mol. The molecule has 1 aliphatic rings. The fourth-order valence-electron chi connectivity index (χ4n) is 3.15. The van der Waals surface area contributed by atoms with Gasteiger partial charge >= 0.3 is 0 Å². The maximum atomic E-state index is 6.19. The summed E-state index contributed by atoms with van der Waals surface area (Å²) < 4.78 is 1.97. The van der Waals surface area contributed by atoms with Gasteiger partial charge in [-0.15, -0.1) is 0 Å². The summed E-state index contributed by atoms with van der Waals surface area (Å²) in [7, 11) is 0. The van der Waals surface area contributed by atoms with E-state index >= 15 is 0 Å². The fraction of sp³-hybridized carbons (Fsp3) is 0.562. The number of likely N-dealkylation sites (tertiary alicyclic amines) is 1. The predicted octanol–water partition coefficient (Wildman–Crippen LogP) is 3.65. The average Bonchev–Trinajstić information content (AvgIpc) is 2.83. The van der Waals surface area contributed by atoms with Crippen LogP contribution in [0, 0.1) is 5.92 Å². The summed E-state index contributed by atoms with van der Waals surface area (Å²) in [6.07, 6.45) is 5.76. The van der Waals surface area contributed by atoms with E-state index in [1.807, 2.05) is 22.6 Å². The van der Waals surface area contributed by atoms with Crippen LogP contribution in [0.15, 0.2) is 24.4 Å². The first kappa shape index (κ1) is 13.9. The highest BCUT2D eigenvalue weighted by Gasteiger charge is 2.22. The van der Waals surface area contributed by atoms with Gasteiger partial charge in [0.15, 0.2) is 0 Å². The standard InChI is InChI=1S/C16H22ClN3/c1-12(2)19-8-4-5-13(10-19)9-14-11-20-15(17)6-3-7-16(20)18-14/h3,6-7,11-13H,4-5,8-10H2,1-2H3. The SMILES string of the molecule is CC(C)N1CCCC(Cc2cn3c(Cl)cccc3n2)C1. The molecule has 0 N–H and O–H groups in total. The van der Waals surface area contributed by atoms with Crippen LogP contribution in [0.5, 0.6) is 0 Å². The number of aromatic nitrogens is 2. The Labute approximate surface area is 125 Å². The van der Waals surface area contributed by atoms with E-state index in [2.05, 4.69) is 24.9 Å². The van der Waals surface area contributed by atoms with Crippen LogP contribution in [-0.2, 0) is 6.42 Å². The molecule has 1 atom stereocenters. The van der Waals surface area contributed by atoms with Gasteiger partial charge in [-0.2, -0.15) is 0 Å². The Balaban J connectivity index is 1.74. The Morgan fingerprint density at radius 3 is 3.00 bits per heavy atom. The summed E-state index contributed by atoms with van der Waals surface area (Å²) in [5, 5.41) is 0.730. The molecule has 1 unspecified atom stereocenters. The second-order valence-corrected chi connectivity index (χ2v) is 6.50. The number of rotatable bonds is 3. The smallest absolute Gasteiger partial charge is 0.138 e. The van der Waals surface area contributed by atoms with Crippen LogP contribution < -0.4 is 0 Å². The molecule has 4 heteroatoms. The topological polar surface area (TPSA) is 20.5 Å². The number of piperidine rings is 1. The van der Waals surface area contributed by atoms with Crippen molar-refractivity contribution in [2.24, 2.45) is 5.92 Å². The Kier molecular flexibility index (Phi) is 3.99. The van der Waals surface area contributed by atoms with Gasteiger partial charge in [-0.05, 0) is 57.7 Å². The molecule has 3 rings (SSSR count). The van der Waals surface area contributed by atoms with E-state index in [0.717, 1.165) is 28.8 Å². The third kappa shape index (κ3) is 2.84. The number of imidazole rings is 1. The zero-order chi connectivity index (χ0) is 14.1. The molecule has 3 heterocycles. The molecule has 1 aliphatic heterocycles. The monoisotopic (exact) mass is 291 g/mol. The molecule has 2 aromatic heterocycles. The molecule has 108 valence electrons. The van der Waals surface area contributed by atoms with E-state index in [4.69, 9.17) is 16.6 Å². The van der Waals surface area contributed by atoms with E-state index in [1.165, 1.54) is 25.9 Å².